The van der Waals surface area contributed by atoms with Crippen molar-refractivity contribution in [2.24, 2.45) is 23.5 Å². The highest BCUT2D eigenvalue weighted by Crippen LogP contribution is 2.57. The molecule has 0 bridgehead atoms. The normalized spacial score (nSPS) is 27.1. The van der Waals surface area contributed by atoms with Gasteiger partial charge in [0.15, 0.2) is 0 Å². The Morgan fingerprint density at radius 1 is 1.26 bits per heavy atom. The Labute approximate surface area is 113 Å². The van der Waals surface area contributed by atoms with Gasteiger partial charge in [0, 0.05) is 17.2 Å². The van der Waals surface area contributed by atoms with Crippen LogP contribution in [0.2, 0.25) is 0 Å². The number of nitrogens with one attached hydrogen (secondary N) is 1. The molecular formula is C16H18N2O. The van der Waals surface area contributed by atoms with Gasteiger partial charge in [-0.05, 0) is 48.9 Å². The Morgan fingerprint density at radius 3 is 2.58 bits per heavy atom. The molecule has 2 atom stereocenters. The van der Waals surface area contributed by atoms with Crippen LogP contribution in [0.1, 0.15) is 24.8 Å². The van der Waals surface area contributed by atoms with Crippen LogP contribution in [0.15, 0.2) is 24.3 Å². The first-order chi connectivity index (χ1) is 9.29. The van der Waals surface area contributed by atoms with Gasteiger partial charge in [-0.2, -0.15) is 0 Å². The summed E-state index contributed by atoms with van der Waals surface area (Å²) in [6.45, 7) is 0.364. The fourth-order valence-electron chi connectivity index (χ4n) is 3.23. The second-order valence-corrected chi connectivity index (χ2v) is 5.36. The lowest BCUT2D eigenvalue weighted by Crippen LogP contribution is -2.16. The predicted molar refractivity (Wildman–Crippen MR) is 75.3 cm³/mol. The van der Waals surface area contributed by atoms with Crippen LogP contribution in [0.25, 0.3) is 0 Å². The molecule has 19 heavy (non-hydrogen) atoms. The second kappa shape index (κ2) is 5.07. The van der Waals surface area contributed by atoms with Gasteiger partial charge in [0.1, 0.15) is 0 Å². The van der Waals surface area contributed by atoms with Gasteiger partial charge in [0.05, 0.1) is 6.54 Å². The quantitative estimate of drug-likeness (QED) is 0.793. The van der Waals surface area contributed by atoms with Crippen molar-refractivity contribution in [1.82, 2.24) is 0 Å². The Kier molecular flexibility index (Phi) is 3.27. The number of amides is 1. The summed E-state index contributed by atoms with van der Waals surface area (Å²) in [5, 5.41) is 3.00. The summed E-state index contributed by atoms with van der Waals surface area (Å²) < 4.78 is 0. The summed E-state index contributed by atoms with van der Waals surface area (Å²) in [4.78, 5) is 12.1. The maximum absolute atomic E-state index is 12.1. The van der Waals surface area contributed by atoms with Crippen molar-refractivity contribution in [1.29, 1.82) is 0 Å². The first-order valence-corrected chi connectivity index (χ1v) is 6.89. The fourth-order valence-corrected chi connectivity index (χ4v) is 3.23. The van der Waals surface area contributed by atoms with E-state index in [0.29, 0.717) is 18.4 Å². The number of benzene rings is 1. The number of nitrogens with two attached hydrogens (primary N) is 1. The minimum absolute atomic E-state index is 0.190. The van der Waals surface area contributed by atoms with Crippen molar-refractivity contribution in [2.45, 2.75) is 19.3 Å². The summed E-state index contributed by atoms with van der Waals surface area (Å²) >= 11 is 0. The van der Waals surface area contributed by atoms with Gasteiger partial charge in [-0.1, -0.05) is 18.3 Å². The van der Waals surface area contributed by atoms with E-state index < -0.39 is 0 Å². The summed E-state index contributed by atoms with van der Waals surface area (Å²) in [7, 11) is 0. The maximum Gasteiger partial charge on any atom is 0.228 e. The highest BCUT2D eigenvalue weighted by molar-refractivity contribution is 5.95. The number of carbonyl (C=O) groups is 1. The molecule has 0 aliphatic heterocycles. The van der Waals surface area contributed by atoms with Crippen LogP contribution in [0.5, 0.6) is 0 Å². The molecule has 3 heteroatoms. The van der Waals surface area contributed by atoms with Gasteiger partial charge in [-0.25, -0.2) is 0 Å². The molecule has 1 aromatic carbocycles. The van der Waals surface area contributed by atoms with Gasteiger partial charge in [0.2, 0.25) is 5.91 Å². The highest BCUT2D eigenvalue weighted by atomic mass is 16.2. The van der Waals surface area contributed by atoms with Gasteiger partial charge in [-0.15, -0.1) is 0 Å². The molecule has 98 valence electrons. The molecule has 0 aromatic heterocycles. The SMILES string of the molecule is NCC#Cc1ccc(NC(=O)C2C3CCCC32)cc1. The number of anilines is 1. The van der Waals surface area contributed by atoms with Crippen LogP contribution in [0.3, 0.4) is 0 Å². The average Bonchev–Trinajstić information content (AvgIpc) is 2.92. The van der Waals surface area contributed by atoms with Crippen LogP contribution in [-0.4, -0.2) is 12.5 Å². The summed E-state index contributed by atoms with van der Waals surface area (Å²) in [6.07, 6.45) is 3.76. The first-order valence-electron chi connectivity index (χ1n) is 6.89. The van der Waals surface area contributed by atoms with Crippen molar-refractivity contribution in [3.8, 4) is 11.8 Å². The Bertz CT molecular complexity index is 528. The van der Waals surface area contributed by atoms with Crippen LogP contribution >= 0.6 is 0 Å². The van der Waals surface area contributed by atoms with E-state index in [2.05, 4.69) is 17.2 Å². The molecule has 0 spiro atoms. The van der Waals surface area contributed by atoms with Crippen LogP contribution in [0, 0.1) is 29.6 Å². The summed E-state index contributed by atoms with van der Waals surface area (Å²) in [5.74, 6) is 7.56. The van der Waals surface area contributed by atoms with E-state index in [9.17, 15) is 4.79 Å². The molecule has 0 radical (unpaired) electrons. The number of hydrogen-bond acceptors (Lipinski definition) is 2. The molecule has 1 aromatic rings. The monoisotopic (exact) mass is 254 g/mol. The highest BCUT2D eigenvalue weighted by Gasteiger charge is 2.56. The van der Waals surface area contributed by atoms with E-state index in [4.69, 9.17) is 5.73 Å². The van der Waals surface area contributed by atoms with E-state index in [1.165, 1.54) is 19.3 Å². The third-order valence-corrected chi connectivity index (χ3v) is 4.20. The lowest BCUT2D eigenvalue weighted by Gasteiger charge is -2.06. The van der Waals surface area contributed by atoms with Gasteiger partial charge in [0.25, 0.3) is 0 Å². The average molecular weight is 254 g/mol. The molecular weight excluding hydrogens is 236 g/mol. The van der Waals surface area contributed by atoms with Crippen molar-refractivity contribution in [2.75, 3.05) is 11.9 Å². The predicted octanol–water partition coefficient (Wildman–Crippen LogP) is 1.98. The molecule has 0 heterocycles. The van der Waals surface area contributed by atoms with Gasteiger partial charge < -0.3 is 11.1 Å². The van der Waals surface area contributed by atoms with Crippen molar-refractivity contribution in [3.05, 3.63) is 29.8 Å². The molecule has 2 saturated carbocycles. The molecule has 0 saturated heterocycles. The molecule has 3 rings (SSSR count). The molecule has 2 aliphatic rings. The lowest BCUT2D eigenvalue weighted by molar-refractivity contribution is -0.118. The largest absolute Gasteiger partial charge is 0.326 e. The zero-order valence-electron chi connectivity index (χ0n) is 10.9. The number of hydrogen-bond donors (Lipinski definition) is 2. The standard InChI is InChI=1S/C16H18N2O/c17-10-2-3-11-6-8-12(9-7-11)18-16(19)15-13-4-1-5-14(13)15/h6-9,13-15H,1,4-5,10,17H2,(H,18,19). The van der Waals surface area contributed by atoms with Gasteiger partial charge in [-0.3, -0.25) is 4.79 Å². The van der Waals surface area contributed by atoms with Crippen LogP contribution in [0.4, 0.5) is 5.69 Å². The van der Waals surface area contributed by atoms with E-state index in [0.717, 1.165) is 11.3 Å². The number of rotatable bonds is 2. The zero-order chi connectivity index (χ0) is 13.2. The minimum Gasteiger partial charge on any atom is -0.326 e. The Morgan fingerprint density at radius 2 is 1.95 bits per heavy atom. The topological polar surface area (TPSA) is 55.1 Å². The number of carbonyl (C=O) groups excluding carboxylic acids is 1. The minimum atomic E-state index is 0.190. The number of fused-ring (bicyclic) bond motifs is 1. The van der Waals surface area contributed by atoms with E-state index in [1.54, 1.807) is 0 Å². The molecule has 1 amide bonds. The maximum atomic E-state index is 12.1. The molecule has 2 unspecified atom stereocenters. The molecule has 2 aliphatic carbocycles. The van der Waals surface area contributed by atoms with Crippen molar-refractivity contribution < 1.29 is 4.79 Å². The Hall–Kier alpha value is -1.79. The van der Waals surface area contributed by atoms with Crippen molar-refractivity contribution >= 4 is 11.6 Å². The second-order valence-electron chi connectivity index (χ2n) is 5.36. The van der Waals surface area contributed by atoms with Crippen molar-refractivity contribution in [3.63, 3.8) is 0 Å². The summed E-state index contributed by atoms with van der Waals surface area (Å²) in [6, 6.07) is 7.62. The van der Waals surface area contributed by atoms with Gasteiger partial charge >= 0.3 is 0 Å². The Balaban J connectivity index is 1.59. The molecule has 3 N–H and O–H groups in total. The van der Waals surface area contributed by atoms with Crippen LogP contribution in [-0.2, 0) is 4.79 Å². The molecule has 2 fully saturated rings. The smallest absolute Gasteiger partial charge is 0.228 e. The van der Waals surface area contributed by atoms with E-state index in [-0.39, 0.29) is 11.8 Å². The third kappa shape index (κ3) is 2.50. The third-order valence-electron chi connectivity index (χ3n) is 4.20. The zero-order valence-corrected chi connectivity index (χ0v) is 10.9. The summed E-state index contributed by atoms with van der Waals surface area (Å²) in [5.41, 5.74) is 7.10. The lowest BCUT2D eigenvalue weighted by atomic mass is 10.1. The molecule has 3 nitrogen and oxygen atoms in total. The fraction of sp³-hybridized carbons (Fsp3) is 0.438. The van der Waals surface area contributed by atoms with E-state index in [1.807, 2.05) is 24.3 Å². The van der Waals surface area contributed by atoms with Crippen LogP contribution < -0.4 is 11.1 Å². The first kappa shape index (κ1) is 12.3. The van der Waals surface area contributed by atoms with E-state index >= 15 is 0 Å².